The largest absolute Gasteiger partial charge is 0.465 e. The van der Waals surface area contributed by atoms with Gasteiger partial charge in [-0.2, -0.15) is 4.31 Å². The van der Waals surface area contributed by atoms with E-state index in [-0.39, 0.29) is 17.3 Å². The quantitative estimate of drug-likeness (QED) is 0.580. The predicted octanol–water partition coefficient (Wildman–Crippen LogP) is 3.34. The van der Waals surface area contributed by atoms with Crippen LogP contribution in [0.1, 0.15) is 47.0 Å². The number of benzene rings is 1. The molecule has 1 atom stereocenters. The number of thiophene rings is 1. The number of sulfonamides is 1. The fourth-order valence-electron chi connectivity index (χ4n) is 4.70. The number of rotatable bonds is 7. The van der Waals surface area contributed by atoms with Gasteiger partial charge in [0, 0.05) is 31.1 Å². The summed E-state index contributed by atoms with van der Waals surface area (Å²) in [5.41, 5.74) is 1.40. The standard InChI is InChI=1S/C24H31N3O5S2/c1-3-12-26-14-11-19-20(16-26)33-23(21(19)24(29)32-2)25-22(28)17-8-7-13-27(15-17)34(30,31)18-9-5-4-6-10-18/h4-6,9-10,17H,3,7-8,11-16H2,1-2H3,(H,25,28). The van der Waals surface area contributed by atoms with Crippen molar-refractivity contribution in [3.8, 4) is 0 Å². The second kappa shape index (κ2) is 10.6. The summed E-state index contributed by atoms with van der Waals surface area (Å²) in [5.74, 6) is -1.20. The van der Waals surface area contributed by atoms with Crippen molar-refractivity contribution in [1.29, 1.82) is 0 Å². The Morgan fingerprint density at radius 2 is 1.97 bits per heavy atom. The van der Waals surface area contributed by atoms with Gasteiger partial charge in [-0.1, -0.05) is 25.1 Å². The third-order valence-corrected chi connectivity index (χ3v) is 9.45. The summed E-state index contributed by atoms with van der Waals surface area (Å²) in [6.45, 7) is 5.24. The number of hydrogen-bond acceptors (Lipinski definition) is 7. The van der Waals surface area contributed by atoms with Gasteiger partial charge in [0.05, 0.1) is 23.5 Å². The van der Waals surface area contributed by atoms with E-state index in [0.717, 1.165) is 42.9 Å². The molecular formula is C24H31N3O5S2. The molecule has 0 bridgehead atoms. The average Bonchev–Trinajstić information content (AvgIpc) is 3.21. The maximum atomic E-state index is 13.2. The number of carbonyl (C=O) groups is 2. The van der Waals surface area contributed by atoms with E-state index in [1.54, 1.807) is 30.3 Å². The molecule has 4 rings (SSSR count). The van der Waals surface area contributed by atoms with Gasteiger partial charge in [0.15, 0.2) is 0 Å². The van der Waals surface area contributed by atoms with Gasteiger partial charge in [-0.25, -0.2) is 13.2 Å². The van der Waals surface area contributed by atoms with Crippen molar-refractivity contribution < 1.29 is 22.7 Å². The predicted molar refractivity (Wildman–Crippen MR) is 131 cm³/mol. The summed E-state index contributed by atoms with van der Waals surface area (Å²) < 4.78 is 32.5. The third kappa shape index (κ3) is 5.05. The third-order valence-electron chi connectivity index (χ3n) is 6.44. The van der Waals surface area contributed by atoms with Gasteiger partial charge in [0.2, 0.25) is 15.9 Å². The minimum Gasteiger partial charge on any atom is -0.465 e. The van der Waals surface area contributed by atoms with Gasteiger partial charge < -0.3 is 10.1 Å². The van der Waals surface area contributed by atoms with E-state index in [4.69, 9.17) is 4.74 Å². The van der Waals surface area contributed by atoms with Gasteiger partial charge in [-0.15, -0.1) is 11.3 Å². The fourth-order valence-corrected chi connectivity index (χ4v) is 7.53. The highest BCUT2D eigenvalue weighted by atomic mass is 32.2. The van der Waals surface area contributed by atoms with Crippen LogP contribution < -0.4 is 5.32 Å². The zero-order valence-electron chi connectivity index (χ0n) is 19.6. The number of methoxy groups -OCH3 is 1. The Morgan fingerprint density at radius 3 is 2.68 bits per heavy atom. The van der Waals surface area contributed by atoms with E-state index < -0.39 is 21.9 Å². The highest BCUT2D eigenvalue weighted by Gasteiger charge is 2.35. The van der Waals surface area contributed by atoms with E-state index in [9.17, 15) is 18.0 Å². The lowest BCUT2D eigenvalue weighted by Gasteiger charge is -2.31. The zero-order chi connectivity index (χ0) is 24.3. The van der Waals surface area contributed by atoms with Crippen LogP contribution in [0.4, 0.5) is 5.00 Å². The topological polar surface area (TPSA) is 96.0 Å². The first kappa shape index (κ1) is 24.8. The summed E-state index contributed by atoms with van der Waals surface area (Å²) >= 11 is 1.42. The maximum absolute atomic E-state index is 13.2. The molecule has 1 N–H and O–H groups in total. The van der Waals surface area contributed by atoms with Crippen molar-refractivity contribution in [3.63, 3.8) is 0 Å². The Kier molecular flexibility index (Phi) is 7.71. The van der Waals surface area contributed by atoms with Crippen LogP contribution in [0.5, 0.6) is 0 Å². The number of nitrogens with one attached hydrogen (secondary N) is 1. The molecule has 34 heavy (non-hydrogen) atoms. The number of ether oxygens (including phenoxy) is 1. The lowest BCUT2D eigenvalue weighted by molar-refractivity contribution is -0.120. The number of amides is 1. The van der Waals surface area contributed by atoms with Gasteiger partial charge in [0.1, 0.15) is 5.00 Å². The molecular weight excluding hydrogens is 474 g/mol. The Labute approximate surface area is 204 Å². The second-order valence-corrected chi connectivity index (χ2v) is 11.8. The summed E-state index contributed by atoms with van der Waals surface area (Å²) in [5, 5.41) is 3.45. The number of fused-ring (bicyclic) bond motifs is 1. The zero-order valence-corrected chi connectivity index (χ0v) is 21.2. The van der Waals surface area contributed by atoms with Crippen LogP contribution in [0.3, 0.4) is 0 Å². The van der Waals surface area contributed by atoms with Gasteiger partial charge in [-0.05, 0) is 49.9 Å². The number of carbonyl (C=O) groups excluding carboxylic acids is 2. The first-order chi connectivity index (χ1) is 16.3. The molecule has 1 fully saturated rings. The molecule has 2 aliphatic heterocycles. The van der Waals surface area contributed by atoms with Crippen molar-refractivity contribution in [1.82, 2.24) is 9.21 Å². The monoisotopic (exact) mass is 505 g/mol. The molecule has 2 aliphatic rings. The number of nitrogens with zero attached hydrogens (tertiary/aromatic N) is 2. The molecule has 10 heteroatoms. The van der Waals surface area contributed by atoms with E-state index in [2.05, 4.69) is 17.1 Å². The Balaban J connectivity index is 1.53. The number of piperidine rings is 1. The molecule has 1 saturated heterocycles. The minimum atomic E-state index is -3.66. The Morgan fingerprint density at radius 1 is 1.21 bits per heavy atom. The summed E-state index contributed by atoms with van der Waals surface area (Å²) in [6.07, 6.45) is 2.98. The fraction of sp³-hybridized carbons (Fsp3) is 0.500. The van der Waals surface area contributed by atoms with Crippen LogP contribution in [-0.2, 0) is 32.5 Å². The van der Waals surface area contributed by atoms with Crippen LogP contribution in [0.25, 0.3) is 0 Å². The first-order valence-electron chi connectivity index (χ1n) is 11.7. The number of hydrogen-bond donors (Lipinski definition) is 1. The second-order valence-electron chi connectivity index (χ2n) is 8.73. The van der Waals surface area contributed by atoms with Gasteiger partial charge >= 0.3 is 5.97 Å². The molecule has 2 aromatic rings. The number of anilines is 1. The molecule has 8 nitrogen and oxygen atoms in total. The summed E-state index contributed by atoms with van der Waals surface area (Å²) in [7, 11) is -2.32. The van der Waals surface area contributed by atoms with Crippen LogP contribution >= 0.6 is 11.3 Å². The van der Waals surface area contributed by atoms with E-state index in [1.165, 1.54) is 22.8 Å². The van der Waals surface area contributed by atoms with Gasteiger partial charge in [-0.3, -0.25) is 9.69 Å². The molecule has 1 aromatic carbocycles. The van der Waals surface area contributed by atoms with Crippen LogP contribution in [0.15, 0.2) is 35.2 Å². The average molecular weight is 506 g/mol. The highest BCUT2D eigenvalue weighted by molar-refractivity contribution is 7.89. The Hall–Kier alpha value is -2.27. The molecule has 0 saturated carbocycles. The molecule has 1 amide bonds. The van der Waals surface area contributed by atoms with Crippen LogP contribution in [0, 0.1) is 5.92 Å². The lowest BCUT2D eigenvalue weighted by Crippen LogP contribution is -2.43. The van der Waals surface area contributed by atoms with Crippen molar-refractivity contribution in [2.24, 2.45) is 5.92 Å². The smallest absolute Gasteiger partial charge is 0.341 e. The maximum Gasteiger partial charge on any atom is 0.341 e. The minimum absolute atomic E-state index is 0.117. The molecule has 0 aliphatic carbocycles. The SMILES string of the molecule is CCCN1CCc2c(sc(NC(=O)C3CCCN(S(=O)(=O)c4ccccc4)C3)c2C(=O)OC)C1. The van der Waals surface area contributed by atoms with Gasteiger partial charge in [0.25, 0.3) is 0 Å². The molecule has 1 unspecified atom stereocenters. The molecule has 184 valence electrons. The van der Waals surface area contributed by atoms with Crippen molar-refractivity contribution in [3.05, 3.63) is 46.3 Å². The summed E-state index contributed by atoms with van der Waals surface area (Å²) in [4.78, 5) is 29.5. The normalized spacial score (nSPS) is 19.4. The van der Waals surface area contributed by atoms with E-state index in [0.29, 0.717) is 30.0 Å². The first-order valence-corrected chi connectivity index (χ1v) is 13.9. The molecule has 0 spiro atoms. The van der Waals surface area contributed by atoms with Crippen LogP contribution in [0.2, 0.25) is 0 Å². The van der Waals surface area contributed by atoms with E-state index in [1.807, 2.05) is 0 Å². The lowest BCUT2D eigenvalue weighted by atomic mass is 9.98. The Bertz CT molecular complexity index is 1150. The molecule has 1 aromatic heterocycles. The molecule has 3 heterocycles. The van der Waals surface area contributed by atoms with E-state index >= 15 is 0 Å². The summed E-state index contributed by atoms with van der Waals surface area (Å²) in [6, 6.07) is 8.29. The van der Waals surface area contributed by atoms with Crippen molar-refractivity contribution >= 4 is 38.2 Å². The highest BCUT2D eigenvalue weighted by Crippen LogP contribution is 2.38. The van der Waals surface area contributed by atoms with Crippen LogP contribution in [-0.4, -0.2) is 62.8 Å². The van der Waals surface area contributed by atoms with Crippen molar-refractivity contribution in [2.75, 3.05) is 38.6 Å². The number of esters is 1. The van der Waals surface area contributed by atoms with Crippen molar-refractivity contribution in [2.45, 2.75) is 44.0 Å². The molecule has 0 radical (unpaired) electrons.